The molecule has 8 heteroatoms. The highest BCUT2D eigenvalue weighted by Gasteiger charge is 2.48. The van der Waals surface area contributed by atoms with E-state index in [0.717, 1.165) is 34.5 Å². The van der Waals surface area contributed by atoms with E-state index < -0.39 is 17.0 Å². The first-order chi connectivity index (χ1) is 18.1. The van der Waals surface area contributed by atoms with E-state index in [1.54, 1.807) is 18.2 Å². The van der Waals surface area contributed by atoms with E-state index in [1.165, 1.54) is 12.3 Å². The number of fused-ring (bicyclic) bond motifs is 2. The van der Waals surface area contributed by atoms with E-state index in [9.17, 15) is 20.2 Å². The Labute approximate surface area is 227 Å². The van der Waals surface area contributed by atoms with Crippen LogP contribution in [0, 0.1) is 10.6 Å². The molecular formula is C30H31ClN2O5. The van der Waals surface area contributed by atoms with E-state index in [2.05, 4.69) is 24.8 Å². The number of pyridine rings is 1. The number of nitrogens with zero attached hydrogens (tertiary/aromatic N) is 2. The van der Waals surface area contributed by atoms with Gasteiger partial charge in [0.25, 0.3) is 0 Å². The van der Waals surface area contributed by atoms with Gasteiger partial charge in [0.1, 0.15) is 5.75 Å². The van der Waals surface area contributed by atoms with Gasteiger partial charge in [-0.05, 0) is 60.4 Å². The molecule has 1 saturated heterocycles. The maximum atomic E-state index is 12.6. The number of rotatable bonds is 5. The van der Waals surface area contributed by atoms with Crippen molar-refractivity contribution in [2.45, 2.75) is 38.9 Å². The molecule has 1 fully saturated rings. The molecule has 1 unspecified atom stereocenters. The summed E-state index contributed by atoms with van der Waals surface area (Å²) in [6.45, 7) is 6.45. The van der Waals surface area contributed by atoms with Gasteiger partial charge in [0.15, 0.2) is 12.8 Å². The molecule has 0 radical (unpaired) electrons. The lowest BCUT2D eigenvalue weighted by molar-refractivity contribution is -0.616. The highest BCUT2D eigenvalue weighted by molar-refractivity contribution is 6.30. The quantitative estimate of drug-likeness (QED) is 0.353. The van der Waals surface area contributed by atoms with Crippen LogP contribution in [0.4, 0.5) is 0 Å². The Bertz CT molecular complexity index is 1400. The molecule has 3 heterocycles. The number of carboxylic acids is 1. The molecule has 2 aromatic carbocycles. The van der Waals surface area contributed by atoms with Gasteiger partial charge in [0, 0.05) is 41.7 Å². The Kier molecular flexibility index (Phi) is 6.94. The zero-order valence-electron chi connectivity index (χ0n) is 21.5. The molecule has 38 heavy (non-hydrogen) atoms. The number of aromatic carboxylic acids is 1. The fourth-order valence-electron chi connectivity index (χ4n) is 5.69. The number of aromatic nitrogens is 1. The Balaban J connectivity index is 1.40. The first-order valence-electron chi connectivity index (χ1n) is 12.7. The third kappa shape index (κ3) is 4.77. The van der Waals surface area contributed by atoms with Crippen molar-refractivity contribution < 1.29 is 24.5 Å². The van der Waals surface area contributed by atoms with Crippen LogP contribution in [0.5, 0.6) is 5.75 Å². The summed E-state index contributed by atoms with van der Waals surface area (Å²) in [5, 5.41) is 34.4. The van der Waals surface area contributed by atoms with Crippen LogP contribution in [0.15, 0.2) is 66.9 Å². The summed E-state index contributed by atoms with van der Waals surface area (Å²) in [6, 6.07) is 15.8. The monoisotopic (exact) mass is 534 g/mol. The van der Waals surface area contributed by atoms with Crippen molar-refractivity contribution in [1.82, 2.24) is 4.90 Å². The molecule has 2 N–H and O–H groups in total. The smallest absolute Gasteiger partial charge is 0.335 e. The lowest BCUT2D eigenvalue weighted by Crippen LogP contribution is -2.55. The van der Waals surface area contributed by atoms with Crippen LogP contribution in [0.25, 0.3) is 5.57 Å². The van der Waals surface area contributed by atoms with Gasteiger partial charge in [-0.2, -0.15) is 4.73 Å². The Hall–Kier alpha value is -3.39. The van der Waals surface area contributed by atoms with Gasteiger partial charge in [-0.25, -0.2) is 4.79 Å². The lowest BCUT2D eigenvalue weighted by Gasteiger charge is -2.50. The molecule has 0 amide bonds. The molecule has 2 aliphatic rings. The summed E-state index contributed by atoms with van der Waals surface area (Å²) in [5.41, 5.74) is 2.34. The summed E-state index contributed by atoms with van der Waals surface area (Å²) in [6.07, 6.45) is 4.77. The molecule has 0 spiro atoms. The minimum absolute atomic E-state index is 0.0972. The number of aliphatic hydroxyl groups is 1. The van der Waals surface area contributed by atoms with Crippen molar-refractivity contribution in [3.05, 3.63) is 105 Å². The lowest BCUT2D eigenvalue weighted by atomic mass is 9.66. The number of hydrogen-bond acceptors (Lipinski definition) is 5. The van der Waals surface area contributed by atoms with Crippen molar-refractivity contribution in [1.29, 1.82) is 0 Å². The minimum Gasteiger partial charge on any atom is -0.618 e. The maximum absolute atomic E-state index is 12.6. The minimum atomic E-state index is -1.02. The molecule has 3 aromatic rings. The number of halogens is 1. The van der Waals surface area contributed by atoms with Crippen molar-refractivity contribution in [3.8, 4) is 5.75 Å². The average molecular weight is 535 g/mol. The highest BCUT2D eigenvalue weighted by Crippen LogP contribution is 2.46. The number of carbonyl (C=O) groups is 1. The predicted octanol–water partition coefficient (Wildman–Crippen LogP) is 5.01. The third-order valence-electron chi connectivity index (χ3n) is 7.88. The molecule has 5 rings (SSSR count). The molecule has 7 nitrogen and oxygen atoms in total. The van der Waals surface area contributed by atoms with Gasteiger partial charge >= 0.3 is 5.97 Å². The Morgan fingerprint density at radius 1 is 1.18 bits per heavy atom. The van der Waals surface area contributed by atoms with Crippen LogP contribution >= 0.6 is 11.6 Å². The van der Waals surface area contributed by atoms with Crippen LogP contribution in [0.3, 0.4) is 0 Å². The van der Waals surface area contributed by atoms with Crippen LogP contribution in [-0.4, -0.2) is 40.7 Å². The van der Waals surface area contributed by atoms with E-state index in [4.69, 9.17) is 16.3 Å². The molecule has 1 atom stereocenters. The number of carboxylic acid groups (broad SMARTS) is 1. The summed E-state index contributed by atoms with van der Waals surface area (Å²) in [4.78, 5) is 14.0. The van der Waals surface area contributed by atoms with Crippen LogP contribution in [-0.2, 0) is 12.2 Å². The summed E-state index contributed by atoms with van der Waals surface area (Å²) < 4.78 is 6.72. The largest absolute Gasteiger partial charge is 0.618 e. The number of piperidine rings is 1. The first-order valence-corrected chi connectivity index (χ1v) is 13.1. The Morgan fingerprint density at radius 2 is 1.95 bits per heavy atom. The van der Waals surface area contributed by atoms with Gasteiger partial charge in [-0.3, -0.25) is 0 Å². The number of hydrogen-bond donors (Lipinski definition) is 2. The van der Waals surface area contributed by atoms with Gasteiger partial charge < -0.3 is 25.1 Å². The number of benzene rings is 2. The fourth-order valence-corrected chi connectivity index (χ4v) is 5.82. The maximum Gasteiger partial charge on any atom is 0.335 e. The molecule has 198 valence electrons. The van der Waals surface area contributed by atoms with Crippen molar-refractivity contribution in [2.75, 3.05) is 19.6 Å². The van der Waals surface area contributed by atoms with Gasteiger partial charge in [-0.1, -0.05) is 43.7 Å². The topological polar surface area (TPSA) is 96.9 Å². The summed E-state index contributed by atoms with van der Waals surface area (Å²) >= 11 is 6.07. The van der Waals surface area contributed by atoms with Gasteiger partial charge in [0.05, 0.1) is 16.7 Å². The standard InChI is InChI=1S/C30H31ClN2O5/c1-29(2)19-32(16-13-30(29,36)21-8-10-22(31)11-9-21)14-3-5-23-24-6-4-15-33(37)26(24)18-38-27-12-7-20(28(34)35)17-25(23)27/h4-12,15,17,36H,3,13-14,16,18-19H2,1-2H3,(H,34,35). The van der Waals surface area contributed by atoms with Gasteiger partial charge in [0.2, 0.25) is 5.69 Å². The van der Waals surface area contributed by atoms with Crippen LogP contribution in [0.2, 0.25) is 5.02 Å². The fraction of sp³-hybridized carbons (Fsp3) is 0.333. The number of likely N-dealkylation sites (tertiary alicyclic amines) is 1. The highest BCUT2D eigenvalue weighted by atomic mass is 35.5. The molecule has 2 aliphatic heterocycles. The summed E-state index contributed by atoms with van der Waals surface area (Å²) in [5.74, 6) is -0.475. The van der Waals surface area contributed by atoms with Crippen LogP contribution in [0.1, 0.15) is 59.4 Å². The zero-order chi connectivity index (χ0) is 27.1. The second-order valence-corrected chi connectivity index (χ2v) is 11.1. The molecule has 1 aromatic heterocycles. The van der Waals surface area contributed by atoms with E-state index >= 15 is 0 Å². The SMILES string of the molecule is CC1(C)CN(CCC=C2c3cc(C(=O)O)ccc3OCc3c2ccc[n+]3[O-])CCC1(O)c1ccc(Cl)cc1. The first kappa shape index (κ1) is 26.2. The third-order valence-corrected chi connectivity index (χ3v) is 8.13. The average Bonchev–Trinajstić information content (AvgIpc) is 3.04. The zero-order valence-corrected chi connectivity index (χ0v) is 22.2. The molecular weight excluding hydrogens is 504 g/mol. The second-order valence-electron chi connectivity index (χ2n) is 10.7. The number of ether oxygens (including phenoxy) is 1. The van der Waals surface area contributed by atoms with Gasteiger partial charge in [-0.15, -0.1) is 0 Å². The Morgan fingerprint density at radius 3 is 2.66 bits per heavy atom. The predicted molar refractivity (Wildman–Crippen MR) is 145 cm³/mol. The molecule has 0 saturated carbocycles. The van der Waals surface area contributed by atoms with E-state index in [1.807, 2.05) is 30.3 Å². The van der Waals surface area contributed by atoms with Crippen molar-refractivity contribution in [2.24, 2.45) is 5.41 Å². The second kappa shape index (κ2) is 10.1. The molecule has 0 aliphatic carbocycles. The summed E-state index contributed by atoms with van der Waals surface area (Å²) in [7, 11) is 0. The van der Waals surface area contributed by atoms with E-state index in [0.29, 0.717) is 41.4 Å². The van der Waals surface area contributed by atoms with E-state index in [-0.39, 0.29) is 12.2 Å². The van der Waals surface area contributed by atoms with Crippen LogP contribution < -0.4 is 9.47 Å². The normalized spacial score (nSPS) is 21.7. The van der Waals surface area contributed by atoms with Crippen molar-refractivity contribution in [3.63, 3.8) is 0 Å². The molecule has 0 bridgehead atoms. The van der Waals surface area contributed by atoms with Crippen molar-refractivity contribution >= 4 is 23.1 Å².